The van der Waals surface area contributed by atoms with Crippen molar-refractivity contribution in [2.45, 2.75) is 32.6 Å². The fourth-order valence-electron chi connectivity index (χ4n) is 1.69. The average molecular weight is 304 g/mol. The highest BCUT2D eigenvalue weighted by Gasteiger charge is 2.17. The van der Waals surface area contributed by atoms with Gasteiger partial charge >= 0.3 is 0 Å². The summed E-state index contributed by atoms with van der Waals surface area (Å²) >= 11 is 2.37. The molecule has 0 aliphatic carbocycles. The monoisotopic (exact) mass is 304 g/mol. The Morgan fingerprint density at radius 1 is 1.50 bits per heavy atom. The van der Waals surface area contributed by atoms with Crippen molar-refractivity contribution in [3.63, 3.8) is 0 Å². The van der Waals surface area contributed by atoms with Gasteiger partial charge in [-0.15, -0.1) is 0 Å². The first-order valence-corrected chi connectivity index (χ1v) is 6.08. The maximum absolute atomic E-state index is 4.56. The van der Waals surface area contributed by atoms with Crippen molar-refractivity contribution in [3.05, 3.63) is 21.5 Å². The van der Waals surface area contributed by atoms with Crippen LogP contribution in [0.5, 0.6) is 0 Å². The van der Waals surface area contributed by atoms with Gasteiger partial charge in [-0.05, 0) is 41.5 Å². The Morgan fingerprint density at radius 3 is 2.43 bits per heavy atom. The fourth-order valence-corrected chi connectivity index (χ4v) is 2.81. The van der Waals surface area contributed by atoms with E-state index in [4.69, 9.17) is 0 Å². The van der Waals surface area contributed by atoms with E-state index in [0.717, 1.165) is 18.5 Å². The molecule has 14 heavy (non-hydrogen) atoms. The Labute approximate surface area is 99.5 Å². The standard InChI is InChI=1S/C11H17IN2/c1-5-8(6-2)11-10(12)9(7-3)14(4)13-11/h7-8H,3,5-6H2,1-2,4H3. The summed E-state index contributed by atoms with van der Waals surface area (Å²) < 4.78 is 3.18. The molecule has 0 unspecified atom stereocenters. The van der Waals surface area contributed by atoms with E-state index >= 15 is 0 Å². The molecule has 0 saturated carbocycles. The molecule has 0 saturated heterocycles. The van der Waals surface area contributed by atoms with E-state index < -0.39 is 0 Å². The zero-order valence-corrected chi connectivity index (χ0v) is 11.2. The topological polar surface area (TPSA) is 17.8 Å². The summed E-state index contributed by atoms with van der Waals surface area (Å²) in [6.07, 6.45) is 4.18. The van der Waals surface area contributed by atoms with Gasteiger partial charge in [0.2, 0.25) is 0 Å². The number of rotatable bonds is 4. The molecule has 2 nitrogen and oxygen atoms in total. The SMILES string of the molecule is C=Cc1c(I)c(C(CC)CC)nn1C. The first kappa shape index (κ1) is 11.8. The molecule has 3 heteroatoms. The minimum Gasteiger partial charge on any atom is -0.267 e. The molecule has 0 aliphatic heterocycles. The quantitative estimate of drug-likeness (QED) is 0.778. The van der Waals surface area contributed by atoms with Crippen LogP contribution in [0.3, 0.4) is 0 Å². The van der Waals surface area contributed by atoms with Crippen molar-refractivity contribution in [2.75, 3.05) is 0 Å². The average Bonchev–Trinajstić information content (AvgIpc) is 2.45. The van der Waals surface area contributed by atoms with E-state index in [2.05, 4.69) is 48.1 Å². The van der Waals surface area contributed by atoms with Gasteiger partial charge < -0.3 is 0 Å². The van der Waals surface area contributed by atoms with Gasteiger partial charge in [0.25, 0.3) is 0 Å². The predicted molar refractivity (Wildman–Crippen MR) is 69.3 cm³/mol. The molecule has 1 heterocycles. The van der Waals surface area contributed by atoms with Gasteiger partial charge in [0.15, 0.2) is 0 Å². The molecule has 1 aromatic heterocycles. The Morgan fingerprint density at radius 2 is 2.07 bits per heavy atom. The van der Waals surface area contributed by atoms with E-state index in [-0.39, 0.29) is 0 Å². The second-order valence-corrected chi connectivity index (χ2v) is 4.50. The van der Waals surface area contributed by atoms with Gasteiger partial charge in [-0.1, -0.05) is 20.4 Å². The second kappa shape index (κ2) is 4.96. The van der Waals surface area contributed by atoms with Gasteiger partial charge in [-0.25, -0.2) is 0 Å². The summed E-state index contributed by atoms with van der Waals surface area (Å²) in [6, 6.07) is 0. The molecule has 78 valence electrons. The van der Waals surface area contributed by atoms with Crippen LogP contribution in [0.15, 0.2) is 6.58 Å². The molecule has 1 rings (SSSR count). The number of aromatic nitrogens is 2. The minimum atomic E-state index is 0.585. The van der Waals surface area contributed by atoms with Crippen LogP contribution in [0.4, 0.5) is 0 Å². The maximum Gasteiger partial charge on any atom is 0.0795 e. The molecule has 1 aromatic rings. The molecule has 0 aromatic carbocycles. The number of hydrogen-bond donors (Lipinski definition) is 0. The highest BCUT2D eigenvalue weighted by Crippen LogP contribution is 2.28. The van der Waals surface area contributed by atoms with E-state index in [1.54, 1.807) is 0 Å². The van der Waals surface area contributed by atoms with Crippen LogP contribution in [0.1, 0.15) is 44.0 Å². The first-order chi connectivity index (χ1) is 6.65. The van der Waals surface area contributed by atoms with Crippen molar-refractivity contribution < 1.29 is 0 Å². The van der Waals surface area contributed by atoms with E-state index in [1.807, 2.05) is 17.8 Å². The van der Waals surface area contributed by atoms with Crippen LogP contribution in [0.2, 0.25) is 0 Å². The lowest BCUT2D eigenvalue weighted by atomic mass is 9.99. The van der Waals surface area contributed by atoms with Crippen LogP contribution in [-0.4, -0.2) is 9.78 Å². The van der Waals surface area contributed by atoms with Gasteiger partial charge in [-0.3, -0.25) is 4.68 Å². The summed E-state index contributed by atoms with van der Waals surface area (Å²) in [5.74, 6) is 0.585. The molecule has 0 spiro atoms. The van der Waals surface area contributed by atoms with Crippen LogP contribution < -0.4 is 0 Å². The summed E-state index contributed by atoms with van der Waals surface area (Å²) in [5.41, 5.74) is 2.36. The molecular formula is C11H17IN2. The Bertz CT molecular complexity index is 324. The Hall–Kier alpha value is -0.320. The van der Waals surface area contributed by atoms with E-state index in [1.165, 1.54) is 9.26 Å². The second-order valence-electron chi connectivity index (χ2n) is 3.43. The van der Waals surface area contributed by atoms with Crippen molar-refractivity contribution in [1.82, 2.24) is 9.78 Å². The Kier molecular flexibility index (Phi) is 4.16. The fraction of sp³-hybridized carbons (Fsp3) is 0.545. The molecule has 0 bridgehead atoms. The highest BCUT2D eigenvalue weighted by atomic mass is 127. The predicted octanol–water partition coefficient (Wildman–Crippen LogP) is 3.57. The van der Waals surface area contributed by atoms with E-state index in [9.17, 15) is 0 Å². The van der Waals surface area contributed by atoms with Gasteiger partial charge in [0.05, 0.1) is 15.0 Å². The largest absolute Gasteiger partial charge is 0.267 e. The lowest BCUT2D eigenvalue weighted by molar-refractivity contribution is 0.602. The molecule has 0 atom stereocenters. The van der Waals surface area contributed by atoms with Crippen LogP contribution in [0.25, 0.3) is 6.08 Å². The van der Waals surface area contributed by atoms with Crippen LogP contribution >= 0.6 is 22.6 Å². The highest BCUT2D eigenvalue weighted by molar-refractivity contribution is 14.1. The lowest BCUT2D eigenvalue weighted by Gasteiger charge is -2.08. The summed E-state index contributed by atoms with van der Waals surface area (Å²) in [4.78, 5) is 0. The number of halogens is 1. The minimum absolute atomic E-state index is 0.585. The van der Waals surface area contributed by atoms with Gasteiger partial charge in [0, 0.05) is 13.0 Å². The van der Waals surface area contributed by atoms with Gasteiger partial charge in [0.1, 0.15) is 0 Å². The number of aryl methyl sites for hydroxylation is 1. The molecule has 0 aliphatic rings. The molecular weight excluding hydrogens is 287 g/mol. The zero-order chi connectivity index (χ0) is 10.7. The van der Waals surface area contributed by atoms with E-state index in [0.29, 0.717) is 5.92 Å². The maximum atomic E-state index is 4.56. The molecule has 0 amide bonds. The molecule has 0 radical (unpaired) electrons. The van der Waals surface area contributed by atoms with Gasteiger partial charge in [-0.2, -0.15) is 5.10 Å². The van der Waals surface area contributed by atoms with Crippen molar-refractivity contribution in [1.29, 1.82) is 0 Å². The Balaban J connectivity index is 3.15. The first-order valence-electron chi connectivity index (χ1n) is 5.00. The summed E-state index contributed by atoms with van der Waals surface area (Å²) in [7, 11) is 1.98. The number of nitrogens with zero attached hydrogens (tertiary/aromatic N) is 2. The molecule has 0 fully saturated rings. The number of hydrogen-bond acceptors (Lipinski definition) is 1. The third-order valence-electron chi connectivity index (χ3n) is 2.62. The summed E-state index contributed by atoms with van der Waals surface area (Å²) in [5, 5.41) is 4.56. The zero-order valence-electron chi connectivity index (χ0n) is 9.05. The normalized spacial score (nSPS) is 10.9. The van der Waals surface area contributed by atoms with Crippen molar-refractivity contribution in [3.8, 4) is 0 Å². The van der Waals surface area contributed by atoms with Crippen molar-refractivity contribution >= 4 is 28.7 Å². The van der Waals surface area contributed by atoms with Crippen LogP contribution in [-0.2, 0) is 7.05 Å². The lowest BCUT2D eigenvalue weighted by Crippen LogP contribution is -1.99. The van der Waals surface area contributed by atoms with Crippen LogP contribution in [0, 0.1) is 3.57 Å². The third-order valence-corrected chi connectivity index (χ3v) is 3.73. The summed E-state index contributed by atoms with van der Waals surface area (Å²) in [6.45, 7) is 8.24. The van der Waals surface area contributed by atoms with Crippen molar-refractivity contribution in [2.24, 2.45) is 7.05 Å². The smallest absolute Gasteiger partial charge is 0.0795 e. The third kappa shape index (κ3) is 2.02. The molecule has 0 N–H and O–H groups in total.